The zero-order chi connectivity index (χ0) is 19.7. The quantitative estimate of drug-likeness (QED) is 0.634. The number of hydrogen-bond donors (Lipinski definition) is 0. The monoisotopic (exact) mass is 393 g/mol. The number of pyridine rings is 1. The SMILES string of the molecule is CSc1ccc(C2OC(c3cn(-c4cccnc4)nc3C)=NN2C(C)=O)cc1. The van der Waals surface area contributed by atoms with Crippen molar-refractivity contribution in [2.75, 3.05) is 6.26 Å². The lowest BCUT2D eigenvalue weighted by molar-refractivity contribution is -0.135. The van der Waals surface area contributed by atoms with E-state index in [2.05, 4.69) is 15.2 Å². The number of thioether (sulfide) groups is 1. The molecular formula is C20H19N5O2S. The number of ether oxygens (including phenoxy) is 1. The van der Waals surface area contributed by atoms with E-state index < -0.39 is 6.23 Å². The van der Waals surface area contributed by atoms with Crippen LogP contribution in [-0.4, -0.2) is 37.8 Å². The van der Waals surface area contributed by atoms with Gasteiger partial charge in [0.2, 0.25) is 18.0 Å². The second-order valence-electron chi connectivity index (χ2n) is 6.30. The molecule has 1 unspecified atom stereocenters. The van der Waals surface area contributed by atoms with E-state index in [0.29, 0.717) is 5.90 Å². The Labute approximate surface area is 167 Å². The van der Waals surface area contributed by atoms with Gasteiger partial charge >= 0.3 is 0 Å². The summed E-state index contributed by atoms with van der Waals surface area (Å²) >= 11 is 1.66. The van der Waals surface area contributed by atoms with E-state index in [1.54, 1.807) is 28.8 Å². The fraction of sp³-hybridized carbons (Fsp3) is 0.200. The van der Waals surface area contributed by atoms with Crippen LogP contribution in [0.4, 0.5) is 0 Å². The number of aryl methyl sites for hydroxylation is 1. The van der Waals surface area contributed by atoms with Crippen molar-refractivity contribution < 1.29 is 9.53 Å². The van der Waals surface area contributed by atoms with Gasteiger partial charge < -0.3 is 4.74 Å². The maximum absolute atomic E-state index is 12.1. The summed E-state index contributed by atoms with van der Waals surface area (Å²) in [5.74, 6) is 0.188. The molecule has 0 bridgehead atoms. The number of hydrogen-bond acceptors (Lipinski definition) is 6. The van der Waals surface area contributed by atoms with Gasteiger partial charge in [-0.15, -0.1) is 16.9 Å². The molecule has 0 radical (unpaired) electrons. The van der Waals surface area contributed by atoms with Crippen molar-refractivity contribution in [2.45, 2.75) is 25.0 Å². The van der Waals surface area contributed by atoms with Crippen molar-refractivity contribution in [1.29, 1.82) is 0 Å². The zero-order valence-electron chi connectivity index (χ0n) is 15.7. The number of aromatic nitrogens is 3. The molecule has 1 atom stereocenters. The predicted octanol–water partition coefficient (Wildman–Crippen LogP) is 3.54. The first-order chi connectivity index (χ1) is 13.6. The van der Waals surface area contributed by atoms with Gasteiger partial charge in [-0.05, 0) is 37.4 Å². The molecule has 0 fully saturated rings. The van der Waals surface area contributed by atoms with E-state index in [-0.39, 0.29) is 5.91 Å². The molecule has 1 aromatic carbocycles. The second kappa shape index (κ2) is 7.47. The molecule has 0 saturated carbocycles. The highest BCUT2D eigenvalue weighted by Gasteiger charge is 2.34. The fourth-order valence-electron chi connectivity index (χ4n) is 2.95. The molecule has 3 heterocycles. The third kappa shape index (κ3) is 3.38. The van der Waals surface area contributed by atoms with Gasteiger partial charge in [-0.1, -0.05) is 12.1 Å². The first-order valence-corrected chi connectivity index (χ1v) is 9.95. The smallest absolute Gasteiger partial charge is 0.244 e. The highest BCUT2D eigenvalue weighted by atomic mass is 32.2. The normalized spacial score (nSPS) is 16.0. The lowest BCUT2D eigenvalue weighted by atomic mass is 10.2. The van der Waals surface area contributed by atoms with E-state index in [4.69, 9.17) is 4.74 Å². The van der Waals surface area contributed by atoms with Gasteiger partial charge in [-0.25, -0.2) is 4.68 Å². The topological polar surface area (TPSA) is 72.6 Å². The van der Waals surface area contributed by atoms with Crippen LogP contribution in [0.5, 0.6) is 0 Å². The lowest BCUT2D eigenvalue weighted by Gasteiger charge is -2.19. The molecular weight excluding hydrogens is 374 g/mol. The molecule has 3 aromatic rings. The first-order valence-electron chi connectivity index (χ1n) is 8.73. The third-order valence-electron chi connectivity index (χ3n) is 4.41. The molecule has 1 amide bonds. The molecule has 8 heteroatoms. The standard InChI is InChI=1S/C20H19N5O2S/c1-13-18(12-24(22-13)16-5-4-10-21-11-16)19-23-25(14(2)26)20(27-19)15-6-8-17(28-3)9-7-15/h4-12,20H,1-3H3. The Balaban J connectivity index is 1.66. The summed E-state index contributed by atoms with van der Waals surface area (Å²) in [7, 11) is 0. The van der Waals surface area contributed by atoms with Crippen molar-refractivity contribution >= 4 is 23.6 Å². The van der Waals surface area contributed by atoms with Gasteiger partial charge in [-0.3, -0.25) is 9.78 Å². The van der Waals surface area contributed by atoms with Crippen LogP contribution in [0.1, 0.15) is 30.0 Å². The number of benzene rings is 1. The van der Waals surface area contributed by atoms with Gasteiger partial charge in [0, 0.05) is 29.8 Å². The molecule has 0 aliphatic carbocycles. The summed E-state index contributed by atoms with van der Waals surface area (Å²) in [6.07, 6.45) is 6.70. The summed E-state index contributed by atoms with van der Waals surface area (Å²) in [5.41, 5.74) is 3.19. The largest absolute Gasteiger partial charge is 0.446 e. The van der Waals surface area contributed by atoms with Crippen LogP contribution >= 0.6 is 11.8 Å². The van der Waals surface area contributed by atoms with Crippen molar-refractivity contribution in [3.05, 3.63) is 71.8 Å². The fourth-order valence-corrected chi connectivity index (χ4v) is 3.36. The number of rotatable bonds is 4. The van der Waals surface area contributed by atoms with Crippen LogP contribution in [-0.2, 0) is 9.53 Å². The lowest BCUT2D eigenvalue weighted by Crippen LogP contribution is -2.25. The summed E-state index contributed by atoms with van der Waals surface area (Å²) in [6.45, 7) is 3.36. The number of nitrogens with zero attached hydrogens (tertiary/aromatic N) is 5. The van der Waals surface area contributed by atoms with Gasteiger partial charge in [0.25, 0.3) is 0 Å². The minimum atomic E-state index is -0.593. The molecule has 1 aliphatic rings. The van der Waals surface area contributed by atoms with Crippen LogP contribution in [0.15, 0.2) is 65.0 Å². The van der Waals surface area contributed by atoms with Crippen molar-refractivity contribution in [3.8, 4) is 5.69 Å². The zero-order valence-corrected chi connectivity index (χ0v) is 16.6. The minimum absolute atomic E-state index is 0.189. The highest BCUT2D eigenvalue weighted by Crippen LogP contribution is 2.32. The molecule has 0 saturated heterocycles. The number of amides is 1. The molecule has 28 heavy (non-hydrogen) atoms. The maximum atomic E-state index is 12.1. The Morgan fingerprint density at radius 3 is 2.64 bits per heavy atom. The van der Waals surface area contributed by atoms with E-state index in [0.717, 1.165) is 27.4 Å². The van der Waals surface area contributed by atoms with Gasteiger partial charge in [0.1, 0.15) is 0 Å². The maximum Gasteiger partial charge on any atom is 0.244 e. The molecule has 2 aromatic heterocycles. The summed E-state index contributed by atoms with van der Waals surface area (Å²) in [5, 5.41) is 10.3. The summed E-state index contributed by atoms with van der Waals surface area (Å²) in [6, 6.07) is 11.7. The predicted molar refractivity (Wildman–Crippen MR) is 107 cm³/mol. The van der Waals surface area contributed by atoms with Gasteiger partial charge in [0.05, 0.1) is 23.1 Å². The van der Waals surface area contributed by atoms with Gasteiger partial charge in [-0.2, -0.15) is 10.1 Å². The Morgan fingerprint density at radius 2 is 2.00 bits per heavy atom. The third-order valence-corrected chi connectivity index (χ3v) is 5.15. The number of carbonyl (C=O) groups is 1. The van der Waals surface area contributed by atoms with Crippen molar-refractivity contribution in [2.24, 2.45) is 5.10 Å². The van der Waals surface area contributed by atoms with Crippen LogP contribution in [0, 0.1) is 6.92 Å². The molecule has 4 rings (SSSR count). The van der Waals surface area contributed by atoms with Crippen LogP contribution in [0.2, 0.25) is 0 Å². The second-order valence-corrected chi connectivity index (χ2v) is 7.18. The summed E-state index contributed by atoms with van der Waals surface area (Å²) < 4.78 is 7.81. The van der Waals surface area contributed by atoms with Crippen molar-refractivity contribution in [1.82, 2.24) is 19.8 Å². The minimum Gasteiger partial charge on any atom is -0.446 e. The highest BCUT2D eigenvalue weighted by molar-refractivity contribution is 7.98. The Kier molecular flexibility index (Phi) is 4.87. The Bertz CT molecular complexity index is 1030. The van der Waals surface area contributed by atoms with Crippen molar-refractivity contribution in [3.63, 3.8) is 0 Å². The van der Waals surface area contributed by atoms with Crippen LogP contribution in [0.25, 0.3) is 5.69 Å². The Morgan fingerprint density at radius 1 is 1.21 bits per heavy atom. The first kappa shape index (κ1) is 18.2. The van der Waals surface area contributed by atoms with Crippen LogP contribution in [0.3, 0.4) is 0 Å². The van der Waals surface area contributed by atoms with E-state index in [1.807, 2.05) is 55.8 Å². The molecule has 0 spiro atoms. The molecule has 142 valence electrons. The molecule has 1 aliphatic heterocycles. The van der Waals surface area contributed by atoms with E-state index >= 15 is 0 Å². The van der Waals surface area contributed by atoms with Crippen LogP contribution < -0.4 is 0 Å². The van der Waals surface area contributed by atoms with E-state index in [9.17, 15) is 4.79 Å². The van der Waals surface area contributed by atoms with E-state index in [1.165, 1.54) is 11.9 Å². The molecule has 7 nitrogen and oxygen atoms in total. The summed E-state index contributed by atoms with van der Waals surface area (Å²) in [4.78, 5) is 17.4. The number of carbonyl (C=O) groups excluding carboxylic acids is 1. The number of hydrazone groups is 1. The Hall–Kier alpha value is -3.13. The van der Waals surface area contributed by atoms with Gasteiger partial charge in [0.15, 0.2) is 0 Å². The average Bonchev–Trinajstić information content (AvgIpc) is 3.33. The molecule has 0 N–H and O–H groups in total. The average molecular weight is 393 g/mol.